The van der Waals surface area contributed by atoms with Crippen molar-refractivity contribution in [2.75, 3.05) is 32.1 Å². The number of carbonyl (C=O) groups excluding carboxylic acids is 2. The number of anilines is 1. The molecule has 0 unspecified atom stereocenters. The fourth-order valence-corrected chi connectivity index (χ4v) is 2.08. The van der Waals surface area contributed by atoms with E-state index in [1.807, 2.05) is 32.8 Å². The smallest absolute Gasteiger partial charge is 0.314 e. The third kappa shape index (κ3) is 7.85. The molecule has 0 radical (unpaired) electrons. The van der Waals surface area contributed by atoms with Crippen LogP contribution < -0.4 is 20.9 Å². The molecule has 24 heavy (non-hydrogen) atoms. The fourth-order valence-electron chi connectivity index (χ4n) is 2.08. The molecule has 6 nitrogen and oxygen atoms in total. The van der Waals surface area contributed by atoms with E-state index < -0.39 is 0 Å². The molecule has 134 valence electrons. The highest BCUT2D eigenvalue weighted by molar-refractivity contribution is 5.78. The summed E-state index contributed by atoms with van der Waals surface area (Å²) in [4.78, 5) is 25.3. The number of nitrogens with one attached hydrogen (secondary N) is 3. The van der Waals surface area contributed by atoms with Gasteiger partial charge >= 0.3 is 6.03 Å². The average Bonchev–Trinajstić information content (AvgIpc) is 2.55. The molecule has 0 aliphatic heterocycles. The molecule has 0 aliphatic rings. The molecule has 1 atom stereocenters. The van der Waals surface area contributed by atoms with Crippen LogP contribution in [0, 0.1) is 0 Å². The molecular weight excluding hydrogens is 304 g/mol. The van der Waals surface area contributed by atoms with Crippen LogP contribution in [0.1, 0.15) is 32.3 Å². The largest absolute Gasteiger partial charge is 0.378 e. The first-order valence-corrected chi connectivity index (χ1v) is 8.49. The van der Waals surface area contributed by atoms with E-state index in [1.165, 1.54) is 5.56 Å². The van der Waals surface area contributed by atoms with Crippen LogP contribution in [0.2, 0.25) is 0 Å². The maximum Gasteiger partial charge on any atom is 0.314 e. The number of urea groups is 1. The minimum absolute atomic E-state index is 0.0365. The first kappa shape index (κ1) is 19.8. The van der Waals surface area contributed by atoms with Crippen LogP contribution in [0.15, 0.2) is 24.3 Å². The van der Waals surface area contributed by atoms with E-state index in [-0.39, 0.29) is 18.0 Å². The fraction of sp³-hybridized carbons (Fsp3) is 0.556. The van der Waals surface area contributed by atoms with E-state index in [4.69, 9.17) is 0 Å². The van der Waals surface area contributed by atoms with Crippen molar-refractivity contribution in [3.8, 4) is 0 Å². The third-order valence-corrected chi connectivity index (χ3v) is 3.81. The molecule has 0 aliphatic carbocycles. The van der Waals surface area contributed by atoms with E-state index in [0.717, 1.165) is 18.5 Å². The van der Waals surface area contributed by atoms with Crippen molar-refractivity contribution < 1.29 is 9.59 Å². The van der Waals surface area contributed by atoms with Gasteiger partial charge in [0, 0.05) is 45.3 Å². The van der Waals surface area contributed by atoms with Gasteiger partial charge in [0.25, 0.3) is 0 Å². The van der Waals surface area contributed by atoms with Gasteiger partial charge < -0.3 is 20.9 Å². The molecule has 0 saturated heterocycles. The topological polar surface area (TPSA) is 73.5 Å². The van der Waals surface area contributed by atoms with Crippen molar-refractivity contribution >= 4 is 17.6 Å². The van der Waals surface area contributed by atoms with E-state index in [9.17, 15) is 9.59 Å². The maximum absolute atomic E-state index is 11.7. The Balaban J connectivity index is 2.16. The Morgan fingerprint density at radius 3 is 2.29 bits per heavy atom. The number of benzene rings is 1. The number of nitrogens with zero attached hydrogens (tertiary/aromatic N) is 1. The summed E-state index contributed by atoms with van der Waals surface area (Å²) >= 11 is 0. The van der Waals surface area contributed by atoms with Gasteiger partial charge in [-0.2, -0.15) is 0 Å². The molecule has 1 aromatic rings. The van der Waals surface area contributed by atoms with Crippen molar-refractivity contribution in [1.29, 1.82) is 0 Å². The molecule has 3 amide bonds. The molecule has 1 rings (SSSR count). The van der Waals surface area contributed by atoms with Crippen LogP contribution in [0.5, 0.6) is 0 Å². The zero-order chi connectivity index (χ0) is 17.9. The quantitative estimate of drug-likeness (QED) is 0.646. The van der Waals surface area contributed by atoms with Crippen molar-refractivity contribution in [2.45, 2.75) is 39.2 Å². The predicted molar refractivity (Wildman–Crippen MR) is 98.4 cm³/mol. The lowest BCUT2D eigenvalue weighted by Gasteiger charge is -2.13. The Morgan fingerprint density at radius 1 is 1.08 bits per heavy atom. The van der Waals surface area contributed by atoms with Crippen molar-refractivity contribution in [3.63, 3.8) is 0 Å². The second-order valence-electron chi connectivity index (χ2n) is 6.12. The van der Waals surface area contributed by atoms with E-state index in [1.54, 1.807) is 0 Å². The molecule has 0 bridgehead atoms. The normalized spacial score (nSPS) is 11.5. The second-order valence-corrected chi connectivity index (χ2v) is 6.12. The number of hydrogen-bond donors (Lipinski definition) is 3. The third-order valence-electron chi connectivity index (χ3n) is 3.81. The number of carbonyl (C=O) groups is 2. The first-order chi connectivity index (χ1) is 11.4. The van der Waals surface area contributed by atoms with Crippen LogP contribution in [-0.4, -0.2) is 45.2 Å². The maximum atomic E-state index is 11.7. The second kappa shape index (κ2) is 10.5. The summed E-state index contributed by atoms with van der Waals surface area (Å²) < 4.78 is 0. The zero-order valence-electron chi connectivity index (χ0n) is 15.2. The van der Waals surface area contributed by atoms with Gasteiger partial charge in [-0.3, -0.25) is 4.79 Å². The van der Waals surface area contributed by atoms with Crippen LogP contribution in [0.25, 0.3) is 0 Å². The minimum atomic E-state index is -0.240. The van der Waals surface area contributed by atoms with Crippen LogP contribution in [0.3, 0.4) is 0 Å². The molecule has 0 spiro atoms. The predicted octanol–water partition coefficient (Wildman–Crippen LogP) is 1.90. The number of hydrogen-bond acceptors (Lipinski definition) is 3. The van der Waals surface area contributed by atoms with Crippen molar-refractivity contribution in [1.82, 2.24) is 16.0 Å². The molecule has 1 aromatic carbocycles. The Hall–Kier alpha value is -2.24. The van der Waals surface area contributed by atoms with Crippen molar-refractivity contribution in [2.24, 2.45) is 0 Å². The molecule has 3 N–H and O–H groups in total. The molecular formula is C18H30N4O2. The Bertz CT molecular complexity index is 514. The SMILES string of the molecule is CC[C@@H](C)NC(=O)CCNC(=O)NCCc1ccc(N(C)C)cc1. The molecule has 0 aromatic heterocycles. The minimum Gasteiger partial charge on any atom is -0.378 e. The van der Waals surface area contributed by atoms with Gasteiger partial charge in [-0.05, 0) is 37.5 Å². The molecule has 6 heteroatoms. The molecule has 0 saturated carbocycles. The van der Waals surface area contributed by atoms with Gasteiger partial charge in [-0.15, -0.1) is 0 Å². The summed E-state index contributed by atoms with van der Waals surface area (Å²) in [6, 6.07) is 8.18. The average molecular weight is 334 g/mol. The lowest BCUT2D eigenvalue weighted by molar-refractivity contribution is -0.121. The van der Waals surface area contributed by atoms with Crippen LogP contribution >= 0.6 is 0 Å². The van der Waals surface area contributed by atoms with E-state index in [0.29, 0.717) is 19.5 Å². The highest BCUT2D eigenvalue weighted by Crippen LogP contribution is 2.12. The first-order valence-electron chi connectivity index (χ1n) is 8.49. The standard InChI is InChI=1S/C18H30N4O2/c1-5-14(2)21-17(23)11-13-20-18(24)19-12-10-15-6-8-16(9-7-15)22(3)4/h6-9,14H,5,10-13H2,1-4H3,(H,21,23)(H2,19,20,24)/t14-/m1/s1. The highest BCUT2D eigenvalue weighted by atomic mass is 16.2. The van der Waals surface area contributed by atoms with Crippen LogP contribution in [0.4, 0.5) is 10.5 Å². The molecule has 0 heterocycles. The Kier molecular flexibility index (Phi) is 8.68. The van der Waals surface area contributed by atoms with Gasteiger partial charge in [-0.25, -0.2) is 4.79 Å². The van der Waals surface area contributed by atoms with Gasteiger partial charge in [0.1, 0.15) is 0 Å². The van der Waals surface area contributed by atoms with Gasteiger partial charge in [-0.1, -0.05) is 19.1 Å². The summed E-state index contributed by atoms with van der Waals surface area (Å²) in [7, 11) is 4.01. The van der Waals surface area contributed by atoms with Crippen molar-refractivity contribution in [3.05, 3.63) is 29.8 Å². The molecule has 0 fully saturated rings. The van der Waals surface area contributed by atoms with Gasteiger partial charge in [0.2, 0.25) is 5.91 Å². The number of rotatable bonds is 9. The summed E-state index contributed by atoms with van der Waals surface area (Å²) in [6.07, 6.45) is 1.97. The lowest BCUT2D eigenvalue weighted by Crippen LogP contribution is -2.39. The summed E-state index contributed by atoms with van der Waals surface area (Å²) in [5.41, 5.74) is 2.33. The van der Waals surface area contributed by atoms with Crippen LogP contribution in [-0.2, 0) is 11.2 Å². The summed E-state index contributed by atoms with van der Waals surface area (Å²) in [6.45, 7) is 4.88. The summed E-state index contributed by atoms with van der Waals surface area (Å²) in [5.74, 6) is -0.0365. The monoisotopic (exact) mass is 334 g/mol. The lowest BCUT2D eigenvalue weighted by atomic mass is 10.1. The summed E-state index contributed by atoms with van der Waals surface area (Å²) in [5, 5.41) is 8.37. The number of amides is 3. The Morgan fingerprint density at radius 2 is 1.71 bits per heavy atom. The van der Waals surface area contributed by atoms with Gasteiger partial charge in [0.05, 0.1) is 0 Å². The van der Waals surface area contributed by atoms with E-state index in [2.05, 4.69) is 40.2 Å². The van der Waals surface area contributed by atoms with E-state index >= 15 is 0 Å². The van der Waals surface area contributed by atoms with Gasteiger partial charge in [0.15, 0.2) is 0 Å². The highest BCUT2D eigenvalue weighted by Gasteiger charge is 2.06. The zero-order valence-corrected chi connectivity index (χ0v) is 15.2. The Labute approximate surface area is 145 Å².